The third kappa shape index (κ3) is 4.67. The van der Waals surface area contributed by atoms with Crippen molar-refractivity contribution < 1.29 is 0 Å². The number of hydrogen-bond donors (Lipinski definition) is 1. The molecule has 4 nitrogen and oxygen atoms in total. The fraction of sp³-hybridized carbons (Fsp3) is 0.765. The highest BCUT2D eigenvalue weighted by atomic mass is 15.2. The minimum absolute atomic E-state index is 0.113. The zero-order valence-electron chi connectivity index (χ0n) is 14.3. The number of rotatable bonds is 3. The van der Waals surface area contributed by atoms with E-state index in [1.807, 2.05) is 0 Å². The molecule has 1 aliphatic rings. The van der Waals surface area contributed by atoms with Gasteiger partial charge in [-0.3, -0.25) is 0 Å². The van der Waals surface area contributed by atoms with Gasteiger partial charge in [0, 0.05) is 42.1 Å². The summed E-state index contributed by atoms with van der Waals surface area (Å²) in [5.41, 5.74) is 3.57. The van der Waals surface area contributed by atoms with Crippen LogP contribution >= 0.6 is 0 Å². The van der Waals surface area contributed by atoms with Crippen molar-refractivity contribution in [2.75, 3.05) is 18.0 Å². The molecule has 0 amide bonds. The van der Waals surface area contributed by atoms with Gasteiger partial charge < -0.3 is 10.2 Å². The predicted molar refractivity (Wildman–Crippen MR) is 88.8 cm³/mol. The summed E-state index contributed by atoms with van der Waals surface area (Å²) < 4.78 is 0. The van der Waals surface area contributed by atoms with Crippen LogP contribution in [0.4, 0.5) is 5.95 Å². The molecule has 2 heterocycles. The summed E-state index contributed by atoms with van der Waals surface area (Å²) in [4.78, 5) is 11.9. The minimum atomic E-state index is 0.113. The normalized spacial score (nSPS) is 16.9. The van der Waals surface area contributed by atoms with E-state index in [1.54, 1.807) is 0 Å². The Hall–Kier alpha value is -1.16. The second kappa shape index (κ2) is 6.73. The Morgan fingerprint density at radius 2 is 1.48 bits per heavy atom. The van der Waals surface area contributed by atoms with E-state index in [4.69, 9.17) is 9.97 Å². The minimum Gasteiger partial charge on any atom is -0.341 e. The van der Waals surface area contributed by atoms with Crippen LogP contribution in [0.1, 0.15) is 63.4 Å². The zero-order chi connectivity index (χ0) is 15.5. The molecule has 1 fully saturated rings. The molecule has 0 unspecified atom stereocenters. The lowest BCUT2D eigenvalue weighted by Gasteiger charge is -2.24. The topological polar surface area (TPSA) is 41.1 Å². The first kappa shape index (κ1) is 16.2. The van der Waals surface area contributed by atoms with Crippen molar-refractivity contribution in [3.63, 3.8) is 0 Å². The fourth-order valence-electron chi connectivity index (χ4n) is 2.74. The first-order valence-corrected chi connectivity index (χ1v) is 8.21. The van der Waals surface area contributed by atoms with E-state index in [2.05, 4.69) is 44.8 Å². The summed E-state index contributed by atoms with van der Waals surface area (Å²) in [6.45, 7) is 13.8. The summed E-state index contributed by atoms with van der Waals surface area (Å²) in [5, 5.41) is 3.54. The highest BCUT2D eigenvalue weighted by molar-refractivity contribution is 5.36. The van der Waals surface area contributed by atoms with Gasteiger partial charge in [-0.05, 0) is 47.5 Å². The highest BCUT2D eigenvalue weighted by Crippen LogP contribution is 2.19. The number of hydrogen-bond acceptors (Lipinski definition) is 4. The highest BCUT2D eigenvalue weighted by Gasteiger charge is 2.17. The van der Waals surface area contributed by atoms with Gasteiger partial charge >= 0.3 is 0 Å². The van der Waals surface area contributed by atoms with E-state index >= 15 is 0 Å². The molecule has 0 spiro atoms. The van der Waals surface area contributed by atoms with Gasteiger partial charge in [-0.1, -0.05) is 12.8 Å². The van der Waals surface area contributed by atoms with Crippen molar-refractivity contribution in [2.45, 2.75) is 72.4 Å². The van der Waals surface area contributed by atoms with Crippen molar-refractivity contribution >= 4 is 5.95 Å². The molecule has 1 saturated heterocycles. The Bertz CT molecular complexity index is 445. The summed E-state index contributed by atoms with van der Waals surface area (Å²) in [7, 11) is 0. The lowest BCUT2D eigenvalue weighted by atomic mass is 10.1. The first-order chi connectivity index (χ1) is 9.87. The molecule has 1 aromatic heterocycles. The second-order valence-electron chi connectivity index (χ2n) is 7.18. The predicted octanol–water partition coefficient (Wildman–Crippen LogP) is 3.36. The van der Waals surface area contributed by atoms with Crippen LogP contribution in [0.15, 0.2) is 0 Å². The maximum atomic E-state index is 4.77. The molecular formula is C17H30N4. The van der Waals surface area contributed by atoms with Crippen LogP contribution in [-0.2, 0) is 6.54 Å². The van der Waals surface area contributed by atoms with Crippen LogP contribution in [-0.4, -0.2) is 28.6 Å². The maximum absolute atomic E-state index is 4.77. The van der Waals surface area contributed by atoms with Gasteiger partial charge in [0.1, 0.15) is 0 Å². The Morgan fingerprint density at radius 3 is 1.95 bits per heavy atom. The van der Waals surface area contributed by atoms with Crippen molar-refractivity contribution in [1.82, 2.24) is 15.3 Å². The second-order valence-corrected chi connectivity index (χ2v) is 7.18. The molecule has 4 heteroatoms. The first-order valence-electron chi connectivity index (χ1n) is 8.21. The third-order valence-corrected chi connectivity index (χ3v) is 4.09. The van der Waals surface area contributed by atoms with E-state index < -0.39 is 0 Å². The van der Waals surface area contributed by atoms with Crippen molar-refractivity contribution in [3.05, 3.63) is 17.0 Å². The number of aromatic nitrogens is 2. The largest absolute Gasteiger partial charge is 0.341 e. The van der Waals surface area contributed by atoms with Gasteiger partial charge in [0.05, 0.1) is 0 Å². The van der Waals surface area contributed by atoms with Crippen molar-refractivity contribution in [3.8, 4) is 0 Å². The molecule has 0 aromatic carbocycles. The number of nitrogens with zero attached hydrogens (tertiary/aromatic N) is 3. The van der Waals surface area contributed by atoms with Crippen LogP contribution in [0, 0.1) is 13.8 Å². The Labute approximate surface area is 129 Å². The number of anilines is 1. The van der Waals surface area contributed by atoms with Crippen LogP contribution in [0.3, 0.4) is 0 Å². The standard InChI is InChI=1S/C17H30N4/c1-13-15(12-18-17(3,4)5)14(2)20-16(19-13)21-10-8-6-7-9-11-21/h18H,6-12H2,1-5H3. The van der Waals surface area contributed by atoms with Crippen LogP contribution in [0.25, 0.3) is 0 Å². The van der Waals surface area contributed by atoms with E-state index in [1.165, 1.54) is 31.2 Å². The van der Waals surface area contributed by atoms with Crippen LogP contribution in [0.2, 0.25) is 0 Å². The maximum Gasteiger partial charge on any atom is 0.225 e. The average Bonchev–Trinajstić information content (AvgIpc) is 2.65. The Balaban J connectivity index is 2.15. The van der Waals surface area contributed by atoms with Gasteiger partial charge in [0.15, 0.2) is 0 Å². The van der Waals surface area contributed by atoms with Gasteiger partial charge in [0.25, 0.3) is 0 Å². The molecule has 1 N–H and O–H groups in total. The smallest absolute Gasteiger partial charge is 0.225 e. The van der Waals surface area contributed by atoms with Crippen molar-refractivity contribution in [1.29, 1.82) is 0 Å². The molecule has 118 valence electrons. The fourth-order valence-corrected chi connectivity index (χ4v) is 2.74. The SMILES string of the molecule is Cc1nc(N2CCCCCC2)nc(C)c1CNC(C)(C)C. The summed E-state index contributed by atoms with van der Waals surface area (Å²) in [6, 6.07) is 0. The van der Waals surface area contributed by atoms with E-state index in [9.17, 15) is 0 Å². The van der Waals surface area contributed by atoms with Gasteiger partial charge in [-0.25, -0.2) is 9.97 Å². The lowest BCUT2D eigenvalue weighted by Crippen LogP contribution is -2.36. The molecule has 2 rings (SSSR count). The summed E-state index contributed by atoms with van der Waals surface area (Å²) in [5.74, 6) is 0.923. The monoisotopic (exact) mass is 290 g/mol. The third-order valence-electron chi connectivity index (χ3n) is 4.09. The molecule has 21 heavy (non-hydrogen) atoms. The molecule has 0 aliphatic carbocycles. The van der Waals surface area contributed by atoms with Gasteiger partial charge in [-0.2, -0.15) is 0 Å². The summed E-state index contributed by atoms with van der Waals surface area (Å²) in [6.07, 6.45) is 5.19. The van der Waals surface area contributed by atoms with E-state index in [0.717, 1.165) is 37.0 Å². The molecule has 1 aliphatic heterocycles. The van der Waals surface area contributed by atoms with Crippen LogP contribution in [0.5, 0.6) is 0 Å². The Kier molecular flexibility index (Phi) is 5.20. The molecule has 1 aromatic rings. The average molecular weight is 290 g/mol. The van der Waals surface area contributed by atoms with Crippen LogP contribution < -0.4 is 10.2 Å². The molecular weight excluding hydrogens is 260 g/mol. The van der Waals surface area contributed by atoms with Gasteiger partial charge in [-0.15, -0.1) is 0 Å². The molecule has 0 bridgehead atoms. The van der Waals surface area contributed by atoms with Gasteiger partial charge in [0.2, 0.25) is 5.95 Å². The number of aryl methyl sites for hydroxylation is 2. The van der Waals surface area contributed by atoms with E-state index in [0.29, 0.717) is 0 Å². The van der Waals surface area contributed by atoms with E-state index in [-0.39, 0.29) is 5.54 Å². The molecule has 0 radical (unpaired) electrons. The van der Waals surface area contributed by atoms with Crippen molar-refractivity contribution in [2.24, 2.45) is 0 Å². The zero-order valence-corrected chi connectivity index (χ0v) is 14.3. The summed E-state index contributed by atoms with van der Waals surface area (Å²) >= 11 is 0. The Morgan fingerprint density at radius 1 is 0.952 bits per heavy atom. The molecule has 0 saturated carbocycles. The lowest BCUT2D eigenvalue weighted by molar-refractivity contribution is 0.422. The molecule has 0 atom stereocenters. The quantitative estimate of drug-likeness (QED) is 0.926. The number of nitrogens with one attached hydrogen (secondary N) is 1.